The lowest BCUT2D eigenvalue weighted by molar-refractivity contribution is 0.0510. The Morgan fingerprint density at radius 2 is 2.03 bits per heavy atom. The number of aromatic nitrogens is 3. The third-order valence-electron chi connectivity index (χ3n) is 4.88. The predicted octanol–water partition coefficient (Wildman–Crippen LogP) is 2.29. The van der Waals surface area contributed by atoms with Crippen molar-refractivity contribution in [3.05, 3.63) is 78.2 Å². The van der Waals surface area contributed by atoms with Gasteiger partial charge in [0.2, 0.25) is 0 Å². The molecule has 1 atom stereocenters. The second-order valence-electron chi connectivity index (χ2n) is 7.11. The van der Waals surface area contributed by atoms with Crippen LogP contribution in [-0.4, -0.2) is 57.9 Å². The molecule has 0 bridgehead atoms. The number of pyridine rings is 1. The van der Waals surface area contributed by atoms with Gasteiger partial charge in [0.15, 0.2) is 5.82 Å². The average molecular weight is 391 g/mol. The maximum atomic E-state index is 12.6. The molecule has 29 heavy (non-hydrogen) atoms. The number of amides is 1. The number of carbonyl (C=O) groups excluding carboxylic acids is 1. The number of carbonyl (C=O) groups is 1. The number of benzene rings is 1. The van der Waals surface area contributed by atoms with Crippen molar-refractivity contribution in [2.24, 2.45) is 0 Å². The zero-order valence-electron chi connectivity index (χ0n) is 16.3. The summed E-state index contributed by atoms with van der Waals surface area (Å²) in [7, 11) is 0. The lowest BCUT2D eigenvalue weighted by Gasteiger charge is -2.24. The Balaban J connectivity index is 1.34. The molecule has 1 aromatic carbocycles. The van der Waals surface area contributed by atoms with E-state index in [0.29, 0.717) is 24.7 Å². The van der Waals surface area contributed by atoms with Gasteiger partial charge in [-0.2, -0.15) is 5.10 Å². The molecule has 2 aromatic heterocycles. The van der Waals surface area contributed by atoms with Crippen molar-refractivity contribution in [1.29, 1.82) is 0 Å². The lowest BCUT2D eigenvalue weighted by atomic mass is 10.2. The van der Waals surface area contributed by atoms with Crippen LogP contribution in [0.1, 0.15) is 22.5 Å². The third-order valence-corrected chi connectivity index (χ3v) is 4.88. The molecule has 150 valence electrons. The van der Waals surface area contributed by atoms with Crippen LogP contribution >= 0.6 is 0 Å². The first-order valence-electron chi connectivity index (χ1n) is 9.91. The monoisotopic (exact) mass is 391 g/mol. The molecule has 3 heterocycles. The Morgan fingerprint density at radius 1 is 1.14 bits per heavy atom. The van der Waals surface area contributed by atoms with Crippen LogP contribution in [0.15, 0.2) is 67.0 Å². The van der Waals surface area contributed by atoms with Crippen molar-refractivity contribution >= 4 is 5.91 Å². The Bertz CT molecular complexity index is 914. The molecule has 7 heteroatoms. The normalized spacial score (nSPS) is 17.6. The second-order valence-corrected chi connectivity index (χ2v) is 7.11. The van der Waals surface area contributed by atoms with Crippen molar-refractivity contribution in [3.8, 4) is 5.82 Å². The summed E-state index contributed by atoms with van der Waals surface area (Å²) >= 11 is 0. The summed E-state index contributed by atoms with van der Waals surface area (Å²) in [5.74, 6) is 0.406. The van der Waals surface area contributed by atoms with Crippen molar-refractivity contribution in [3.63, 3.8) is 0 Å². The molecule has 0 radical (unpaired) electrons. The highest BCUT2D eigenvalue weighted by molar-refractivity contribution is 5.92. The number of nitrogens with one attached hydrogen (secondary N) is 1. The zero-order valence-corrected chi connectivity index (χ0v) is 16.3. The highest BCUT2D eigenvalue weighted by Crippen LogP contribution is 2.11. The van der Waals surface area contributed by atoms with Gasteiger partial charge in [-0.3, -0.25) is 9.69 Å². The molecule has 0 aliphatic carbocycles. The van der Waals surface area contributed by atoms with Crippen molar-refractivity contribution in [1.82, 2.24) is 25.0 Å². The largest absolute Gasteiger partial charge is 0.375 e. The Kier molecular flexibility index (Phi) is 6.29. The molecule has 1 saturated heterocycles. The van der Waals surface area contributed by atoms with Gasteiger partial charge in [-0.1, -0.05) is 36.4 Å². The predicted molar refractivity (Wildman–Crippen MR) is 110 cm³/mol. The number of rotatable bonds is 6. The zero-order chi connectivity index (χ0) is 19.9. The fraction of sp³-hybridized carbons (Fsp3) is 0.318. The molecule has 7 nitrogen and oxygen atoms in total. The van der Waals surface area contributed by atoms with Gasteiger partial charge in [0.25, 0.3) is 5.91 Å². The standard InChI is InChI=1S/C22H25N5O2/c28-22(20-9-4-10-21(25-20)27-13-5-11-24-27)23-15-19-17-26(12-6-14-29-19)16-18-7-2-1-3-8-18/h1-5,7-11,13,19H,6,12,14-17H2,(H,23,28). The molecule has 1 aliphatic rings. The fourth-order valence-corrected chi connectivity index (χ4v) is 3.46. The molecule has 1 N–H and O–H groups in total. The Labute approximate surface area is 170 Å². The first-order chi connectivity index (χ1) is 14.3. The van der Waals surface area contributed by atoms with Crippen LogP contribution in [0, 0.1) is 0 Å². The molecule has 1 amide bonds. The molecule has 1 unspecified atom stereocenters. The Hall–Kier alpha value is -3.03. The second kappa shape index (κ2) is 9.45. The summed E-state index contributed by atoms with van der Waals surface area (Å²) < 4.78 is 7.58. The summed E-state index contributed by atoms with van der Waals surface area (Å²) in [6.07, 6.45) is 4.42. The summed E-state index contributed by atoms with van der Waals surface area (Å²) in [4.78, 5) is 19.4. The molecule has 1 fully saturated rings. The van der Waals surface area contributed by atoms with E-state index in [1.807, 2.05) is 24.3 Å². The number of hydrogen-bond acceptors (Lipinski definition) is 5. The minimum atomic E-state index is -0.207. The first-order valence-corrected chi connectivity index (χ1v) is 9.91. The average Bonchev–Trinajstić information content (AvgIpc) is 3.21. The minimum absolute atomic E-state index is 0.0422. The highest BCUT2D eigenvalue weighted by Gasteiger charge is 2.20. The fourth-order valence-electron chi connectivity index (χ4n) is 3.46. The highest BCUT2D eigenvalue weighted by atomic mass is 16.5. The van der Waals surface area contributed by atoms with E-state index in [9.17, 15) is 4.79 Å². The van der Waals surface area contributed by atoms with Crippen LogP contribution in [0.3, 0.4) is 0 Å². The van der Waals surface area contributed by atoms with E-state index in [4.69, 9.17) is 4.74 Å². The smallest absolute Gasteiger partial charge is 0.270 e. The number of nitrogens with zero attached hydrogens (tertiary/aromatic N) is 4. The maximum absolute atomic E-state index is 12.6. The van der Waals surface area contributed by atoms with Crippen LogP contribution in [-0.2, 0) is 11.3 Å². The van der Waals surface area contributed by atoms with E-state index in [2.05, 4.69) is 44.6 Å². The van der Waals surface area contributed by atoms with E-state index in [1.165, 1.54) is 5.56 Å². The van der Waals surface area contributed by atoms with Crippen molar-refractivity contribution in [2.75, 3.05) is 26.2 Å². The van der Waals surface area contributed by atoms with Gasteiger partial charge in [0.1, 0.15) is 5.69 Å². The molecule has 4 rings (SSSR count). The van der Waals surface area contributed by atoms with Crippen LogP contribution in [0.4, 0.5) is 0 Å². The maximum Gasteiger partial charge on any atom is 0.270 e. The van der Waals surface area contributed by atoms with E-state index in [-0.39, 0.29) is 12.0 Å². The Morgan fingerprint density at radius 3 is 2.86 bits per heavy atom. The van der Waals surface area contributed by atoms with Gasteiger partial charge in [-0.05, 0) is 30.2 Å². The van der Waals surface area contributed by atoms with Gasteiger partial charge >= 0.3 is 0 Å². The molecular weight excluding hydrogens is 366 g/mol. The van der Waals surface area contributed by atoms with Crippen LogP contribution < -0.4 is 5.32 Å². The van der Waals surface area contributed by atoms with E-state index in [1.54, 1.807) is 23.1 Å². The molecule has 0 spiro atoms. The van der Waals surface area contributed by atoms with Gasteiger partial charge < -0.3 is 10.1 Å². The van der Waals surface area contributed by atoms with Crippen LogP contribution in [0.25, 0.3) is 5.82 Å². The number of ether oxygens (including phenoxy) is 1. The SMILES string of the molecule is O=C(NCC1CN(Cc2ccccc2)CCCO1)c1cccc(-n2cccn2)n1. The summed E-state index contributed by atoms with van der Waals surface area (Å²) in [6, 6.07) is 17.6. The molecule has 0 saturated carbocycles. The van der Waals surface area contributed by atoms with E-state index >= 15 is 0 Å². The molecular formula is C22H25N5O2. The van der Waals surface area contributed by atoms with Gasteiger partial charge in [0.05, 0.1) is 6.10 Å². The van der Waals surface area contributed by atoms with Gasteiger partial charge in [0, 0.05) is 45.2 Å². The van der Waals surface area contributed by atoms with Gasteiger partial charge in [-0.15, -0.1) is 0 Å². The van der Waals surface area contributed by atoms with E-state index < -0.39 is 0 Å². The third kappa shape index (κ3) is 5.28. The van der Waals surface area contributed by atoms with Crippen molar-refractivity contribution in [2.45, 2.75) is 19.1 Å². The molecule has 3 aromatic rings. The quantitative estimate of drug-likeness (QED) is 0.698. The summed E-state index contributed by atoms with van der Waals surface area (Å²) in [6.45, 7) is 3.83. The molecule has 1 aliphatic heterocycles. The van der Waals surface area contributed by atoms with E-state index in [0.717, 1.165) is 26.1 Å². The van der Waals surface area contributed by atoms with Crippen LogP contribution in [0.5, 0.6) is 0 Å². The number of hydrogen-bond donors (Lipinski definition) is 1. The first kappa shape index (κ1) is 19.3. The summed E-state index contributed by atoms with van der Waals surface area (Å²) in [5.41, 5.74) is 1.66. The summed E-state index contributed by atoms with van der Waals surface area (Å²) in [5, 5.41) is 7.13. The van der Waals surface area contributed by atoms with Crippen molar-refractivity contribution < 1.29 is 9.53 Å². The topological polar surface area (TPSA) is 72.3 Å². The van der Waals surface area contributed by atoms with Gasteiger partial charge in [-0.25, -0.2) is 9.67 Å². The van der Waals surface area contributed by atoms with Crippen LogP contribution in [0.2, 0.25) is 0 Å². The lowest BCUT2D eigenvalue weighted by Crippen LogP contribution is -2.40. The minimum Gasteiger partial charge on any atom is -0.375 e.